The monoisotopic (exact) mass is 369 g/mol. The van der Waals surface area contributed by atoms with E-state index in [1.54, 1.807) is 0 Å². The molecule has 146 valence electrons. The number of anilines is 1. The minimum atomic E-state index is -0.0588. The zero-order valence-corrected chi connectivity index (χ0v) is 16.0. The summed E-state index contributed by atoms with van der Waals surface area (Å²) in [6.07, 6.45) is 9.45. The third kappa shape index (κ3) is 4.43. The lowest BCUT2D eigenvalue weighted by Crippen LogP contribution is -2.43. The van der Waals surface area contributed by atoms with Gasteiger partial charge in [-0.25, -0.2) is 4.98 Å². The van der Waals surface area contributed by atoms with Gasteiger partial charge in [0.1, 0.15) is 5.52 Å². The van der Waals surface area contributed by atoms with Crippen LogP contribution in [0.4, 0.5) is 5.95 Å². The summed E-state index contributed by atoms with van der Waals surface area (Å²) in [6, 6.07) is 5.56. The largest absolute Gasteiger partial charge is 0.369 e. The van der Waals surface area contributed by atoms with Gasteiger partial charge in [0.15, 0.2) is 5.95 Å². The molecule has 4 rings (SSSR count). The van der Waals surface area contributed by atoms with Gasteiger partial charge < -0.3 is 20.9 Å². The van der Waals surface area contributed by atoms with Crippen molar-refractivity contribution in [2.45, 2.75) is 44.9 Å². The van der Waals surface area contributed by atoms with E-state index in [0.717, 1.165) is 24.5 Å². The number of nitrogens with one attached hydrogen (secondary N) is 2. The third-order valence-electron chi connectivity index (χ3n) is 6.17. The van der Waals surface area contributed by atoms with Crippen LogP contribution in [0.1, 0.15) is 55.3 Å². The maximum absolute atomic E-state index is 12.7. The van der Waals surface area contributed by atoms with Crippen molar-refractivity contribution < 1.29 is 4.79 Å². The Morgan fingerprint density at radius 1 is 1.19 bits per heavy atom. The first-order chi connectivity index (χ1) is 13.2. The highest BCUT2D eigenvalue weighted by Gasteiger charge is 2.24. The van der Waals surface area contributed by atoms with Gasteiger partial charge in [0.25, 0.3) is 5.91 Å². The summed E-state index contributed by atoms with van der Waals surface area (Å²) < 4.78 is 0. The molecule has 1 aromatic heterocycles. The van der Waals surface area contributed by atoms with E-state index in [4.69, 9.17) is 5.73 Å². The number of carbonyl (C=O) groups excluding carboxylic acids is 1. The van der Waals surface area contributed by atoms with Crippen LogP contribution in [-0.2, 0) is 0 Å². The molecular formula is C21H31N5O. The molecule has 2 aromatic rings. The molecule has 0 radical (unpaired) electrons. The molecule has 0 spiro atoms. The molecule has 1 saturated carbocycles. The minimum absolute atomic E-state index is 0.0588. The molecule has 2 heterocycles. The Balaban J connectivity index is 1.31. The van der Waals surface area contributed by atoms with Gasteiger partial charge in [0.05, 0.1) is 11.1 Å². The smallest absolute Gasteiger partial charge is 0.253 e. The Morgan fingerprint density at radius 2 is 2.00 bits per heavy atom. The molecule has 27 heavy (non-hydrogen) atoms. The van der Waals surface area contributed by atoms with Crippen LogP contribution in [0.3, 0.4) is 0 Å². The highest BCUT2D eigenvalue weighted by Crippen LogP contribution is 2.26. The number of fused-ring (bicyclic) bond motifs is 1. The average Bonchev–Trinajstić information content (AvgIpc) is 3.07. The lowest BCUT2D eigenvalue weighted by Gasteiger charge is -2.36. The Hall–Kier alpha value is -2.08. The van der Waals surface area contributed by atoms with E-state index in [1.165, 1.54) is 58.0 Å². The maximum atomic E-state index is 12.7. The zero-order valence-electron chi connectivity index (χ0n) is 16.0. The second-order valence-corrected chi connectivity index (χ2v) is 8.31. The topological polar surface area (TPSA) is 87.0 Å². The molecule has 1 amide bonds. The highest BCUT2D eigenvalue weighted by molar-refractivity contribution is 6.05. The van der Waals surface area contributed by atoms with Gasteiger partial charge in [-0.2, -0.15) is 0 Å². The number of aromatic amines is 1. The molecular weight excluding hydrogens is 338 g/mol. The summed E-state index contributed by atoms with van der Waals surface area (Å²) in [5.74, 6) is 1.71. The number of rotatable bonds is 5. The van der Waals surface area contributed by atoms with E-state index in [9.17, 15) is 4.79 Å². The minimum Gasteiger partial charge on any atom is -0.369 e. The predicted octanol–water partition coefficient (Wildman–Crippen LogP) is 3.17. The molecule has 6 heteroatoms. The number of nitrogens with two attached hydrogens (primary N) is 1. The number of aromatic nitrogens is 2. The van der Waals surface area contributed by atoms with Crippen molar-refractivity contribution >= 4 is 22.9 Å². The van der Waals surface area contributed by atoms with Crippen LogP contribution in [-0.4, -0.2) is 47.0 Å². The molecule has 1 aliphatic heterocycles. The van der Waals surface area contributed by atoms with Crippen molar-refractivity contribution in [2.24, 2.45) is 11.8 Å². The van der Waals surface area contributed by atoms with Crippen molar-refractivity contribution in [3.8, 4) is 0 Å². The Bertz CT molecular complexity index is 780. The lowest BCUT2D eigenvalue weighted by atomic mass is 9.88. The molecule has 1 atom stereocenters. The van der Waals surface area contributed by atoms with E-state index in [0.29, 0.717) is 22.9 Å². The van der Waals surface area contributed by atoms with E-state index in [2.05, 4.69) is 20.2 Å². The maximum Gasteiger partial charge on any atom is 0.253 e. The van der Waals surface area contributed by atoms with E-state index < -0.39 is 0 Å². The molecule has 1 aliphatic carbocycles. The first-order valence-corrected chi connectivity index (χ1v) is 10.4. The molecule has 4 N–H and O–H groups in total. The number of benzene rings is 1. The van der Waals surface area contributed by atoms with Crippen LogP contribution >= 0.6 is 0 Å². The fourth-order valence-electron chi connectivity index (χ4n) is 4.79. The molecule has 2 fully saturated rings. The van der Waals surface area contributed by atoms with Crippen molar-refractivity contribution in [1.29, 1.82) is 0 Å². The van der Waals surface area contributed by atoms with E-state index in [1.807, 2.05) is 18.2 Å². The quantitative estimate of drug-likeness (QED) is 0.755. The number of H-pyrrole nitrogens is 1. The molecule has 0 bridgehead atoms. The standard InChI is InChI=1S/C21H31N5O/c22-21-24-18-10-4-9-17(19(18)25-21)20(27)23-12-16-8-5-11-26(14-16)13-15-6-2-1-3-7-15/h4,9-10,15-16H,1-3,5-8,11-14H2,(H,23,27)(H3,22,24,25). The third-order valence-corrected chi connectivity index (χ3v) is 6.17. The van der Waals surface area contributed by atoms with E-state index >= 15 is 0 Å². The van der Waals surface area contributed by atoms with Gasteiger partial charge >= 0.3 is 0 Å². The van der Waals surface area contributed by atoms with Crippen LogP contribution in [0.5, 0.6) is 0 Å². The molecule has 2 aliphatic rings. The molecule has 6 nitrogen and oxygen atoms in total. The second-order valence-electron chi connectivity index (χ2n) is 8.31. The SMILES string of the molecule is Nc1nc2c(C(=O)NCC3CCCN(CC4CCCCC4)C3)cccc2[nH]1. The van der Waals surface area contributed by atoms with Crippen molar-refractivity contribution in [1.82, 2.24) is 20.2 Å². The normalized spacial score (nSPS) is 22.1. The van der Waals surface area contributed by atoms with Gasteiger partial charge in [-0.15, -0.1) is 0 Å². The number of hydrogen-bond acceptors (Lipinski definition) is 4. The second kappa shape index (κ2) is 8.30. The van der Waals surface area contributed by atoms with Crippen LogP contribution in [0.25, 0.3) is 11.0 Å². The van der Waals surface area contributed by atoms with Crippen molar-refractivity contribution in [3.63, 3.8) is 0 Å². The van der Waals surface area contributed by atoms with Crippen LogP contribution in [0.15, 0.2) is 18.2 Å². The summed E-state index contributed by atoms with van der Waals surface area (Å²) in [5.41, 5.74) is 7.78. The fourth-order valence-corrected chi connectivity index (χ4v) is 4.79. The van der Waals surface area contributed by atoms with E-state index in [-0.39, 0.29) is 5.91 Å². The number of likely N-dealkylation sites (tertiary alicyclic amines) is 1. The van der Waals surface area contributed by atoms with Crippen LogP contribution < -0.4 is 11.1 Å². The number of carbonyl (C=O) groups is 1. The number of nitrogens with zero attached hydrogens (tertiary/aromatic N) is 2. The zero-order chi connectivity index (χ0) is 18.6. The van der Waals surface area contributed by atoms with Crippen molar-refractivity contribution in [2.75, 3.05) is 31.9 Å². The van der Waals surface area contributed by atoms with Crippen LogP contribution in [0, 0.1) is 11.8 Å². The summed E-state index contributed by atoms with van der Waals surface area (Å²) in [7, 11) is 0. The molecule has 1 saturated heterocycles. The lowest BCUT2D eigenvalue weighted by molar-refractivity contribution is 0.0925. The van der Waals surface area contributed by atoms with Gasteiger partial charge in [-0.3, -0.25) is 4.79 Å². The predicted molar refractivity (Wildman–Crippen MR) is 109 cm³/mol. The molecule has 1 aromatic carbocycles. The first kappa shape index (κ1) is 18.3. The summed E-state index contributed by atoms with van der Waals surface area (Å²) in [5, 5.41) is 3.13. The van der Waals surface area contributed by atoms with Gasteiger partial charge in [0, 0.05) is 19.6 Å². The number of hydrogen-bond donors (Lipinski definition) is 3. The highest BCUT2D eigenvalue weighted by atomic mass is 16.1. The average molecular weight is 370 g/mol. The first-order valence-electron chi connectivity index (χ1n) is 10.4. The Morgan fingerprint density at radius 3 is 2.85 bits per heavy atom. The number of imidazole rings is 1. The summed E-state index contributed by atoms with van der Waals surface area (Å²) in [6.45, 7) is 4.30. The molecule has 1 unspecified atom stereocenters. The van der Waals surface area contributed by atoms with Gasteiger partial charge in [-0.05, 0) is 56.2 Å². The number of para-hydroxylation sites is 1. The Labute approximate surface area is 160 Å². The number of amides is 1. The summed E-state index contributed by atoms with van der Waals surface area (Å²) in [4.78, 5) is 22.6. The van der Waals surface area contributed by atoms with Gasteiger partial charge in [0.2, 0.25) is 0 Å². The Kier molecular flexibility index (Phi) is 5.62. The fraction of sp³-hybridized carbons (Fsp3) is 0.619. The van der Waals surface area contributed by atoms with Crippen LogP contribution in [0.2, 0.25) is 0 Å². The number of nitrogen functional groups attached to an aromatic ring is 1. The van der Waals surface area contributed by atoms with Gasteiger partial charge in [-0.1, -0.05) is 25.3 Å². The number of piperidine rings is 1. The van der Waals surface area contributed by atoms with Crippen molar-refractivity contribution in [3.05, 3.63) is 23.8 Å². The summed E-state index contributed by atoms with van der Waals surface area (Å²) >= 11 is 0.